The van der Waals surface area contributed by atoms with Crippen LogP contribution in [0.15, 0.2) is 41.6 Å². The van der Waals surface area contributed by atoms with Crippen molar-refractivity contribution in [2.45, 2.75) is 12.8 Å². The number of halogens is 1. The monoisotopic (exact) mass is 284 g/mol. The van der Waals surface area contributed by atoms with Crippen molar-refractivity contribution in [2.24, 2.45) is 5.10 Å². The standard InChI is InChI=1S/C15H13FN4O/c16-12-7-10(13-3-4-15(21)20-19-13)1-2-11(12)9-5-6-18-14(17)8-9/h1-2,5-8H,3-4H2,(H2,17,18)(H,20,21). The Labute approximate surface area is 120 Å². The minimum atomic E-state index is -0.363. The van der Waals surface area contributed by atoms with Crippen LogP contribution in [0, 0.1) is 5.82 Å². The molecule has 0 saturated heterocycles. The molecule has 5 nitrogen and oxygen atoms in total. The van der Waals surface area contributed by atoms with Crippen molar-refractivity contribution >= 4 is 17.4 Å². The first-order valence-corrected chi connectivity index (χ1v) is 6.51. The molecule has 0 unspecified atom stereocenters. The highest BCUT2D eigenvalue weighted by molar-refractivity contribution is 6.04. The largest absolute Gasteiger partial charge is 0.384 e. The fraction of sp³-hybridized carbons (Fsp3) is 0.133. The predicted octanol–water partition coefficient (Wildman–Crippen LogP) is 2.08. The Hall–Kier alpha value is -2.76. The average Bonchev–Trinajstić information content (AvgIpc) is 2.48. The molecule has 0 radical (unpaired) electrons. The van der Waals surface area contributed by atoms with Crippen LogP contribution in [0.4, 0.5) is 10.2 Å². The molecule has 2 aromatic rings. The molecular formula is C15H13FN4O. The number of pyridine rings is 1. The molecule has 0 bridgehead atoms. The summed E-state index contributed by atoms with van der Waals surface area (Å²) in [5.41, 5.74) is 10.5. The lowest BCUT2D eigenvalue weighted by atomic mass is 9.99. The van der Waals surface area contributed by atoms with E-state index in [1.54, 1.807) is 30.5 Å². The van der Waals surface area contributed by atoms with Crippen molar-refractivity contribution in [1.29, 1.82) is 0 Å². The van der Waals surface area contributed by atoms with Crippen molar-refractivity contribution < 1.29 is 9.18 Å². The Bertz CT molecular complexity index is 742. The first-order chi connectivity index (χ1) is 10.1. The van der Waals surface area contributed by atoms with E-state index in [9.17, 15) is 9.18 Å². The number of hydrogen-bond acceptors (Lipinski definition) is 4. The molecule has 106 valence electrons. The molecule has 1 amide bonds. The molecule has 0 saturated carbocycles. The molecule has 1 aromatic carbocycles. The molecule has 3 rings (SSSR count). The molecule has 1 aliphatic heterocycles. The molecule has 0 aliphatic carbocycles. The molecule has 0 fully saturated rings. The van der Waals surface area contributed by atoms with E-state index in [4.69, 9.17) is 5.73 Å². The van der Waals surface area contributed by atoms with Crippen molar-refractivity contribution in [3.63, 3.8) is 0 Å². The number of nitrogens with two attached hydrogens (primary N) is 1. The van der Waals surface area contributed by atoms with Crippen LogP contribution in [0.2, 0.25) is 0 Å². The van der Waals surface area contributed by atoms with Gasteiger partial charge in [-0.15, -0.1) is 0 Å². The lowest BCUT2D eigenvalue weighted by Gasteiger charge is -2.13. The Morgan fingerprint density at radius 1 is 1.14 bits per heavy atom. The van der Waals surface area contributed by atoms with Gasteiger partial charge >= 0.3 is 0 Å². The zero-order valence-corrected chi connectivity index (χ0v) is 11.1. The zero-order chi connectivity index (χ0) is 14.8. The van der Waals surface area contributed by atoms with Gasteiger partial charge in [0.05, 0.1) is 5.71 Å². The first kappa shape index (κ1) is 13.2. The fourth-order valence-corrected chi connectivity index (χ4v) is 2.23. The van der Waals surface area contributed by atoms with E-state index in [2.05, 4.69) is 15.5 Å². The molecule has 3 N–H and O–H groups in total. The average molecular weight is 284 g/mol. The van der Waals surface area contributed by atoms with Crippen molar-refractivity contribution in [3.8, 4) is 11.1 Å². The van der Waals surface area contributed by atoms with Crippen LogP contribution in [0.25, 0.3) is 11.1 Å². The Morgan fingerprint density at radius 2 is 2.00 bits per heavy atom. The van der Waals surface area contributed by atoms with Crippen molar-refractivity contribution in [3.05, 3.63) is 47.9 Å². The summed E-state index contributed by atoms with van der Waals surface area (Å²) < 4.78 is 14.3. The molecule has 21 heavy (non-hydrogen) atoms. The quantitative estimate of drug-likeness (QED) is 0.886. The Morgan fingerprint density at radius 3 is 2.67 bits per heavy atom. The summed E-state index contributed by atoms with van der Waals surface area (Å²) in [6, 6.07) is 8.20. The number of nitrogens with one attached hydrogen (secondary N) is 1. The number of carbonyl (C=O) groups excluding carboxylic acids is 1. The van der Waals surface area contributed by atoms with Gasteiger partial charge in [0, 0.05) is 30.2 Å². The van der Waals surface area contributed by atoms with E-state index < -0.39 is 0 Å². The summed E-state index contributed by atoms with van der Waals surface area (Å²) >= 11 is 0. The normalized spacial score (nSPS) is 14.5. The van der Waals surface area contributed by atoms with Gasteiger partial charge in [0.1, 0.15) is 11.6 Å². The van der Waals surface area contributed by atoms with Gasteiger partial charge in [-0.05, 0) is 23.8 Å². The summed E-state index contributed by atoms with van der Waals surface area (Å²) in [5.74, 6) is -0.142. The van der Waals surface area contributed by atoms with Crippen molar-refractivity contribution in [2.75, 3.05) is 5.73 Å². The highest BCUT2D eigenvalue weighted by Crippen LogP contribution is 2.25. The molecular weight excluding hydrogens is 271 g/mol. The zero-order valence-electron chi connectivity index (χ0n) is 11.1. The smallest absolute Gasteiger partial charge is 0.240 e. The predicted molar refractivity (Wildman–Crippen MR) is 78.0 cm³/mol. The van der Waals surface area contributed by atoms with Gasteiger partial charge in [-0.2, -0.15) is 5.10 Å². The van der Waals surface area contributed by atoms with E-state index in [1.165, 1.54) is 6.07 Å². The topological polar surface area (TPSA) is 80.4 Å². The summed E-state index contributed by atoms with van der Waals surface area (Å²) in [6.45, 7) is 0. The molecule has 0 spiro atoms. The molecule has 6 heteroatoms. The van der Waals surface area contributed by atoms with Gasteiger partial charge in [0.25, 0.3) is 0 Å². The highest BCUT2D eigenvalue weighted by atomic mass is 19.1. The van der Waals surface area contributed by atoms with Gasteiger partial charge < -0.3 is 5.73 Å². The van der Waals surface area contributed by atoms with E-state index in [0.717, 1.165) is 0 Å². The highest BCUT2D eigenvalue weighted by Gasteiger charge is 2.15. The van der Waals surface area contributed by atoms with Gasteiger partial charge in [0.2, 0.25) is 5.91 Å². The maximum absolute atomic E-state index is 14.3. The molecule has 2 heterocycles. The Balaban J connectivity index is 1.95. The number of aromatic nitrogens is 1. The van der Waals surface area contributed by atoms with Crippen molar-refractivity contribution in [1.82, 2.24) is 10.4 Å². The van der Waals surface area contributed by atoms with Gasteiger partial charge in [-0.1, -0.05) is 12.1 Å². The Kier molecular flexibility index (Phi) is 3.35. The molecule has 1 aliphatic rings. The summed E-state index contributed by atoms with van der Waals surface area (Å²) in [5, 5.41) is 3.96. The fourth-order valence-electron chi connectivity index (χ4n) is 2.23. The second-order valence-electron chi connectivity index (χ2n) is 4.76. The SMILES string of the molecule is Nc1cc(-c2ccc(C3=NNC(=O)CC3)cc2F)ccn1. The van der Waals surface area contributed by atoms with Crippen LogP contribution in [0.5, 0.6) is 0 Å². The second kappa shape index (κ2) is 5.32. The number of hydrogen-bond donors (Lipinski definition) is 2. The van der Waals surface area contributed by atoms with Crippen LogP contribution in [0.3, 0.4) is 0 Å². The number of nitrogen functional groups attached to an aromatic ring is 1. The maximum atomic E-state index is 14.3. The first-order valence-electron chi connectivity index (χ1n) is 6.51. The summed E-state index contributed by atoms with van der Waals surface area (Å²) in [4.78, 5) is 15.0. The number of carbonyl (C=O) groups is 1. The van der Waals surface area contributed by atoms with E-state index >= 15 is 0 Å². The van der Waals surface area contributed by atoms with Gasteiger partial charge in [-0.3, -0.25) is 4.79 Å². The molecule has 0 atom stereocenters. The van der Waals surface area contributed by atoms with Crippen LogP contribution >= 0.6 is 0 Å². The number of rotatable bonds is 2. The lowest BCUT2D eigenvalue weighted by molar-refractivity contribution is -0.121. The van der Waals surface area contributed by atoms with Gasteiger partial charge in [-0.25, -0.2) is 14.8 Å². The minimum absolute atomic E-state index is 0.122. The van der Waals surface area contributed by atoms with E-state index in [-0.39, 0.29) is 11.7 Å². The number of nitrogens with zero attached hydrogens (tertiary/aromatic N) is 2. The van der Waals surface area contributed by atoms with Gasteiger partial charge in [0.15, 0.2) is 0 Å². The lowest BCUT2D eigenvalue weighted by Crippen LogP contribution is -2.25. The van der Waals surface area contributed by atoms with E-state index in [0.29, 0.717) is 41.1 Å². The minimum Gasteiger partial charge on any atom is -0.384 e. The number of amides is 1. The number of anilines is 1. The maximum Gasteiger partial charge on any atom is 0.240 e. The molecule has 1 aromatic heterocycles. The van der Waals surface area contributed by atoms with Crippen LogP contribution < -0.4 is 11.2 Å². The van der Waals surface area contributed by atoms with E-state index in [1.807, 2.05) is 0 Å². The third kappa shape index (κ3) is 2.74. The third-order valence-corrected chi connectivity index (χ3v) is 3.30. The summed E-state index contributed by atoms with van der Waals surface area (Å²) in [6.07, 6.45) is 2.41. The van der Waals surface area contributed by atoms with Crippen LogP contribution in [-0.2, 0) is 4.79 Å². The third-order valence-electron chi connectivity index (χ3n) is 3.30. The second-order valence-corrected chi connectivity index (χ2v) is 4.76. The number of hydrazone groups is 1. The van der Waals surface area contributed by atoms with Crippen LogP contribution in [0.1, 0.15) is 18.4 Å². The van der Waals surface area contributed by atoms with Crippen LogP contribution in [-0.4, -0.2) is 16.6 Å². The number of benzene rings is 1. The summed E-state index contributed by atoms with van der Waals surface area (Å²) in [7, 11) is 0.